The fourth-order valence-corrected chi connectivity index (χ4v) is 3.17. The molecule has 4 rings (SSSR count). The Balaban J connectivity index is 1.40. The number of carbonyl (C=O) groups is 1. The highest BCUT2D eigenvalue weighted by Gasteiger charge is 2.12. The maximum atomic E-state index is 12.3. The van der Waals surface area contributed by atoms with Gasteiger partial charge in [-0.05, 0) is 23.8 Å². The number of benzene rings is 1. The van der Waals surface area contributed by atoms with Gasteiger partial charge in [0.1, 0.15) is 5.82 Å². The van der Waals surface area contributed by atoms with Crippen LogP contribution in [0.25, 0.3) is 16.8 Å². The molecule has 3 aromatic rings. The Morgan fingerprint density at radius 2 is 1.96 bits per heavy atom. The number of hydrogen-bond donors (Lipinski definition) is 2. The second-order valence-electron chi connectivity index (χ2n) is 6.45. The molecule has 0 saturated carbocycles. The Morgan fingerprint density at radius 3 is 2.74 bits per heavy atom. The van der Waals surface area contributed by atoms with Crippen LogP contribution < -0.4 is 11.1 Å². The van der Waals surface area contributed by atoms with Gasteiger partial charge in [-0.1, -0.05) is 12.1 Å². The van der Waals surface area contributed by atoms with Crippen LogP contribution in [0.15, 0.2) is 42.7 Å². The third-order valence-corrected chi connectivity index (χ3v) is 4.71. The van der Waals surface area contributed by atoms with Crippen molar-refractivity contribution in [3.63, 3.8) is 0 Å². The van der Waals surface area contributed by atoms with E-state index in [-0.39, 0.29) is 5.91 Å². The largest absolute Gasteiger partial charge is 0.384 e. The van der Waals surface area contributed by atoms with Crippen LogP contribution in [0, 0.1) is 0 Å². The Kier molecular flexibility index (Phi) is 4.99. The normalized spacial score (nSPS) is 15.1. The number of fused-ring (bicyclic) bond motifs is 1. The maximum absolute atomic E-state index is 12.3. The molecule has 0 radical (unpaired) electrons. The van der Waals surface area contributed by atoms with E-state index in [1.165, 1.54) is 0 Å². The topological polar surface area (TPSA) is 97.8 Å². The third-order valence-electron chi connectivity index (χ3n) is 4.71. The van der Waals surface area contributed by atoms with Crippen LogP contribution in [-0.2, 0) is 4.74 Å². The van der Waals surface area contributed by atoms with E-state index < -0.39 is 0 Å². The summed E-state index contributed by atoms with van der Waals surface area (Å²) in [5, 5.41) is 7.24. The Morgan fingerprint density at radius 1 is 1.19 bits per heavy atom. The molecule has 0 aliphatic carbocycles. The summed E-state index contributed by atoms with van der Waals surface area (Å²) in [6.45, 7) is 4.82. The van der Waals surface area contributed by atoms with E-state index in [1.807, 2.05) is 24.3 Å². The van der Waals surface area contributed by atoms with Crippen molar-refractivity contribution in [3.05, 3.63) is 48.3 Å². The minimum absolute atomic E-state index is 0.0722. The zero-order valence-electron chi connectivity index (χ0n) is 15.0. The van der Waals surface area contributed by atoms with Gasteiger partial charge in [-0.15, -0.1) is 0 Å². The summed E-state index contributed by atoms with van der Waals surface area (Å²) < 4.78 is 6.92. The van der Waals surface area contributed by atoms with Crippen molar-refractivity contribution in [2.75, 3.05) is 45.1 Å². The van der Waals surface area contributed by atoms with E-state index in [0.717, 1.165) is 44.0 Å². The molecule has 0 unspecified atom stereocenters. The highest BCUT2D eigenvalue weighted by atomic mass is 16.5. The summed E-state index contributed by atoms with van der Waals surface area (Å²) in [4.78, 5) is 19.0. The number of nitrogens with two attached hydrogens (primary N) is 1. The van der Waals surface area contributed by atoms with Gasteiger partial charge in [0.25, 0.3) is 5.91 Å². The second-order valence-corrected chi connectivity index (χ2v) is 6.45. The molecule has 2 aromatic heterocycles. The number of nitrogens with zero attached hydrogens (tertiary/aromatic N) is 4. The molecule has 0 bridgehead atoms. The summed E-state index contributed by atoms with van der Waals surface area (Å²) in [5.41, 5.74) is 9.05. The number of aromatic nitrogens is 3. The Labute approximate surface area is 156 Å². The van der Waals surface area contributed by atoms with E-state index in [0.29, 0.717) is 23.6 Å². The standard InChI is InChI=1S/C19H22N6O2/c20-17-5-6-21-18-16(13-23-25(17)18)14-1-3-15(4-2-14)19(26)22-7-8-24-9-11-27-12-10-24/h1-6,13H,7-12,20H2,(H,22,26). The maximum Gasteiger partial charge on any atom is 0.251 e. The van der Waals surface area contributed by atoms with E-state index in [4.69, 9.17) is 10.5 Å². The number of morpholine rings is 1. The number of anilines is 1. The van der Waals surface area contributed by atoms with Crippen LogP contribution in [-0.4, -0.2) is 64.8 Å². The van der Waals surface area contributed by atoms with Gasteiger partial charge in [0.05, 0.1) is 19.4 Å². The Hall–Kier alpha value is -2.97. The van der Waals surface area contributed by atoms with Gasteiger partial charge in [0.2, 0.25) is 0 Å². The average Bonchev–Trinajstić information content (AvgIpc) is 3.14. The van der Waals surface area contributed by atoms with Crippen molar-refractivity contribution in [3.8, 4) is 11.1 Å². The van der Waals surface area contributed by atoms with E-state index >= 15 is 0 Å². The molecule has 1 saturated heterocycles. The minimum atomic E-state index is -0.0722. The summed E-state index contributed by atoms with van der Waals surface area (Å²) in [5.74, 6) is 0.458. The predicted octanol–water partition coefficient (Wildman–Crippen LogP) is 1.04. The van der Waals surface area contributed by atoms with E-state index in [2.05, 4.69) is 20.3 Å². The van der Waals surface area contributed by atoms with Crippen molar-refractivity contribution in [2.45, 2.75) is 0 Å². The lowest BCUT2D eigenvalue weighted by molar-refractivity contribution is 0.0383. The smallest absolute Gasteiger partial charge is 0.251 e. The summed E-state index contributed by atoms with van der Waals surface area (Å²) >= 11 is 0. The van der Waals surface area contributed by atoms with E-state index in [1.54, 1.807) is 23.0 Å². The molecule has 0 spiro atoms. The van der Waals surface area contributed by atoms with Gasteiger partial charge in [-0.2, -0.15) is 9.61 Å². The highest BCUT2D eigenvalue weighted by Crippen LogP contribution is 2.24. The number of rotatable bonds is 5. The fraction of sp³-hybridized carbons (Fsp3) is 0.316. The molecule has 1 aromatic carbocycles. The second kappa shape index (κ2) is 7.73. The summed E-state index contributed by atoms with van der Waals surface area (Å²) in [7, 11) is 0. The molecule has 1 aliphatic heterocycles. The van der Waals surface area contributed by atoms with Crippen LogP contribution in [0.4, 0.5) is 5.82 Å². The predicted molar refractivity (Wildman–Crippen MR) is 102 cm³/mol. The molecule has 1 fully saturated rings. The first-order valence-corrected chi connectivity index (χ1v) is 8.99. The number of ether oxygens (including phenoxy) is 1. The summed E-state index contributed by atoms with van der Waals surface area (Å²) in [6.07, 6.45) is 3.39. The van der Waals surface area contributed by atoms with Crippen molar-refractivity contribution in [1.82, 2.24) is 24.8 Å². The molecule has 3 heterocycles. The van der Waals surface area contributed by atoms with Crippen LogP contribution in [0.3, 0.4) is 0 Å². The Bertz CT molecular complexity index is 931. The van der Waals surface area contributed by atoms with Crippen LogP contribution >= 0.6 is 0 Å². The molecule has 8 nitrogen and oxygen atoms in total. The fourth-order valence-electron chi connectivity index (χ4n) is 3.17. The number of amides is 1. The SMILES string of the molecule is Nc1ccnc2c(-c3ccc(C(=O)NCCN4CCOCC4)cc3)cnn12. The van der Waals surface area contributed by atoms with Gasteiger partial charge < -0.3 is 15.8 Å². The van der Waals surface area contributed by atoms with Gasteiger partial charge in [0, 0.05) is 43.5 Å². The minimum Gasteiger partial charge on any atom is -0.384 e. The lowest BCUT2D eigenvalue weighted by atomic mass is 10.1. The molecule has 1 amide bonds. The van der Waals surface area contributed by atoms with Crippen LogP contribution in [0.1, 0.15) is 10.4 Å². The lowest BCUT2D eigenvalue weighted by Gasteiger charge is -2.26. The monoisotopic (exact) mass is 366 g/mol. The molecular weight excluding hydrogens is 344 g/mol. The van der Waals surface area contributed by atoms with E-state index in [9.17, 15) is 4.79 Å². The van der Waals surface area contributed by atoms with Crippen molar-refractivity contribution >= 4 is 17.4 Å². The highest BCUT2D eigenvalue weighted by molar-refractivity contribution is 5.95. The summed E-state index contributed by atoms with van der Waals surface area (Å²) in [6, 6.07) is 9.13. The lowest BCUT2D eigenvalue weighted by Crippen LogP contribution is -2.41. The molecule has 1 aliphatic rings. The van der Waals surface area contributed by atoms with Gasteiger partial charge in [0.15, 0.2) is 5.65 Å². The number of hydrogen-bond acceptors (Lipinski definition) is 6. The number of nitrogen functional groups attached to an aromatic ring is 1. The molecule has 0 atom stereocenters. The van der Waals surface area contributed by atoms with Crippen molar-refractivity contribution in [2.24, 2.45) is 0 Å². The first-order valence-electron chi connectivity index (χ1n) is 8.99. The molecule has 27 heavy (non-hydrogen) atoms. The van der Waals surface area contributed by atoms with Crippen molar-refractivity contribution in [1.29, 1.82) is 0 Å². The number of carbonyl (C=O) groups excluding carboxylic acids is 1. The van der Waals surface area contributed by atoms with Gasteiger partial charge in [-0.25, -0.2) is 4.98 Å². The average molecular weight is 366 g/mol. The quantitative estimate of drug-likeness (QED) is 0.700. The van der Waals surface area contributed by atoms with Gasteiger partial charge >= 0.3 is 0 Å². The molecule has 3 N–H and O–H groups in total. The molecular formula is C19H22N6O2. The first kappa shape index (κ1) is 17.4. The molecule has 8 heteroatoms. The third kappa shape index (κ3) is 3.76. The zero-order chi connectivity index (χ0) is 18.6. The first-order chi connectivity index (χ1) is 13.2. The molecule has 140 valence electrons. The van der Waals surface area contributed by atoms with Gasteiger partial charge in [-0.3, -0.25) is 9.69 Å². The van der Waals surface area contributed by atoms with Crippen LogP contribution in [0.5, 0.6) is 0 Å². The zero-order valence-corrected chi connectivity index (χ0v) is 15.0. The van der Waals surface area contributed by atoms with Crippen LogP contribution in [0.2, 0.25) is 0 Å². The number of nitrogens with one attached hydrogen (secondary N) is 1. The van der Waals surface area contributed by atoms with Crippen molar-refractivity contribution < 1.29 is 9.53 Å².